The van der Waals surface area contributed by atoms with Crippen molar-refractivity contribution in [3.8, 4) is 0 Å². The van der Waals surface area contributed by atoms with E-state index in [-0.39, 0.29) is 18.5 Å². The van der Waals surface area contributed by atoms with Gasteiger partial charge in [0.05, 0.1) is 12.6 Å². The molecule has 16 heavy (non-hydrogen) atoms. The Labute approximate surface area is 96.4 Å². The summed E-state index contributed by atoms with van der Waals surface area (Å²) in [6.45, 7) is 3.50. The summed E-state index contributed by atoms with van der Waals surface area (Å²) in [6.07, 6.45) is 4.56. The Bertz CT molecular complexity index is 248. The fraction of sp³-hybridized carbons (Fsp3) is 0.818. The lowest BCUT2D eigenvalue weighted by Crippen LogP contribution is -2.47. The molecule has 5 heteroatoms. The maximum atomic E-state index is 12.0. The lowest BCUT2D eigenvalue weighted by molar-refractivity contribution is -0.133. The van der Waals surface area contributed by atoms with Crippen LogP contribution in [0.1, 0.15) is 32.6 Å². The molecule has 0 saturated carbocycles. The number of nitrogens with zero attached hydrogens (tertiary/aromatic N) is 1. The van der Waals surface area contributed by atoms with Gasteiger partial charge in [0.2, 0.25) is 11.8 Å². The Morgan fingerprint density at radius 1 is 1.25 bits per heavy atom. The Kier molecular flexibility index (Phi) is 5.25. The van der Waals surface area contributed by atoms with Gasteiger partial charge in [-0.25, -0.2) is 0 Å². The molecule has 0 bridgehead atoms. The number of nitrogens with one attached hydrogen (secondary N) is 1. The van der Waals surface area contributed by atoms with Crippen LogP contribution in [0.5, 0.6) is 0 Å². The second-order valence-corrected chi connectivity index (χ2v) is 4.31. The molecule has 0 aromatic carbocycles. The molecule has 1 aliphatic rings. The average molecular weight is 227 g/mol. The van der Waals surface area contributed by atoms with Crippen LogP contribution in [0.2, 0.25) is 0 Å². The van der Waals surface area contributed by atoms with Gasteiger partial charge >= 0.3 is 0 Å². The molecule has 0 spiro atoms. The minimum atomic E-state index is -0.435. The molecule has 1 rings (SSSR count). The normalized spacial score (nSPS) is 18.9. The summed E-state index contributed by atoms with van der Waals surface area (Å²) in [5.74, 6) is -0.362. The van der Waals surface area contributed by atoms with E-state index in [4.69, 9.17) is 5.73 Å². The molecule has 1 unspecified atom stereocenters. The van der Waals surface area contributed by atoms with Crippen LogP contribution >= 0.6 is 0 Å². The largest absolute Gasteiger partial charge is 0.369 e. The summed E-state index contributed by atoms with van der Waals surface area (Å²) in [6, 6.07) is -0.328. The maximum absolute atomic E-state index is 12.0. The third-order valence-electron chi connectivity index (χ3n) is 2.87. The first-order valence-corrected chi connectivity index (χ1v) is 5.91. The molecule has 0 aromatic rings. The van der Waals surface area contributed by atoms with Crippen molar-refractivity contribution in [3.63, 3.8) is 0 Å². The Morgan fingerprint density at radius 2 is 1.81 bits per heavy atom. The van der Waals surface area contributed by atoms with Crippen molar-refractivity contribution in [3.05, 3.63) is 0 Å². The third-order valence-corrected chi connectivity index (χ3v) is 2.87. The Morgan fingerprint density at radius 3 is 2.31 bits per heavy atom. The minimum Gasteiger partial charge on any atom is -0.369 e. The standard InChI is InChI=1S/C11H21N3O2/c1-9(13-8-10(12)15)11(16)14-6-4-2-3-5-7-14/h9,13H,2-8H2,1H3,(H2,12,15). The number of primary amides is 1. The summed E-state index contributed by atoms with van der Waals surface area (Å²) in [5, 5.41) is 2.83. The van der Waals surface area contributed by atoms with Crippen molar-refractivity contribution in [1.82, 2.24) is 10.2 Å². The Balaban J connectivity index is 2.38. The van der Waals surface area contributed by atoms with Crippen LogP contribution in [0.25, 0.3) is 0 Å². The quantitative estimate of drug-likeness (QED) is 0.701. The summed E-state index contributed by atoms with van der Waals surface area (Å²) >= 11 is 0. The molecule has 5 nitrogen and oxygen atoms in total. The topological polar surface area (TPSA) is 75.4 Å². The van der Waals surface area contributed by atoms with E-state index < -0.39 is 5.91 Å². The molecule has 0 aromatic heterocycles. The summed E-state index contributed by atoms with van der Waals surface area (Å²) in [7, 11) is 0. The highest BCUT2D eigenvalue weighted by Crippen LogP contribution is 2.10. The molecule has 2 amide bonds. The van der Waals surface area contributed by atoms with E-state index in [1.54, 1.807) is 6.92 Å². The van der Waals surface area contributed by atoms with E-state index in [0.29, 0.717) is 0 Å². The monoisotopic (exact) mass is 227 g/mol. The zero-order valence-corrected chi connectivity index (χ0v) is 9.87. The van der Waals surface area contributed by atoms with Crippen LogP contribution in [0.15, 0.2) is 0 Å². The van der Waals surface area contributed by atoms with Gasteiger partial charge in [-0.05, 0) is 19.8 Å². The molecule has 1 atom stereocenters. The van der Waals surface area contributed by atoms with Gasteiger partial charge in [0.25, 0.3) is 0 Å². The van der Waals surface area contributed by atoms with E-state index in [1.165, 1.54) is 12.8 Å². The number of hydrogen-bond donors (Lipinski definition) is 2. The lowest BCUT2D eigenvalue weighted by Gasteiger charge is -2.24. The molecule has 1 aliphatic heterocycles. The van der Waals surface area contributed by atoms with Crippen molar-refractivity contribution >= 4 is 11.8 Å². The van der Waals surface area contributed by atoms with Crippen molar-refractivity contribution in [2.75, 3.05) is 19.6 Å². The zero-order valence-electron chi connectivity index (χ0n) is 9.87. The van der Waals surface area contributed by atoms with Crippen molar-refractivity contribution < 1.29 is 9.59 Å². The fourth-order valence-electron chi connectivity index (χ4n) is 1.91. The predicted octanol–water partition coefficient (Wildman–Crippen LogP) is -0.148. The summed E-state index contributed by atoms with van der Waals surface area (Å²) in [5.41, 5.74) is 5.02. The van der Waals surface area contributed by atoms with Crippen LogP contribution in [0, 0.1) is 0 Å². The summed E-state index contributed by atoms with van der Waals surface area (Å²) in [4.78, 5) is 24.4. The van der Waals surface area contributed by atoms with Crippen molar-refractivity contribution in [2.45, 2.75) is 38.6 Å². The van der Waals surface area contributed by atoms with E-state index in [0.717, 1.165) is 25.9 Å². The van der Waals surface area contributed by atoms with Gasteiger partial charge in [0, 0.05) is 13.1 Å². The van der Waals surface area contributed by atoms with Crippen molar-refractivity contribution in [1.29, 1.82) is 0 Å². The molecule has 1 saturated heterocycles. The first kappa shape index (κ1) is 13.0. The summed E-state index contributed by atoms with van der Waals surface area (Å²) < 4.78 is 0. The fourth-order valence-corrected chi connectivity index (χ4v) is 1.91. The third kappa shape index (κ3) is 4.18. The number of likely N-dealkylation sites (tertiary alicyclic amines) is 1. The SMILES string of the molecule is CC(NCC(N)=O)C(=O)N1CCCCCC1. The molecule has 1 heterocycles. The average Bonchev–Trinajstić information content (AvgIpc) is 2.53. The highest BCUT2D eigenvalue weighted by molar-refractivity contribution is 5.83. The first-order chi connectivity index (χ1) is 7.61. The van der Waals surface area contributed by atoms with Crippen LogP contribution in [0.3, 0.4) is 0 Å². The van der Waals surface area contributed by atoms with Gasteiger partial charge in [-0.1, -0.05) is 12.8 Å². The number of rotatable bonds is 4. The van der Waals surface area contributed by atoms with E-state index >= 15 is 0 Å². The number of amides is 2. The van der Waals surface area contributed by atoms with Gasteiger partial charge in [0.1, 0.15) is 0 Å². The van der Waals surface area contributed by atoms with Gasteiger partial charge in [0.15, 0.2) is 0 Å². The smallest absolute Gasteiger partial charge is 0.239 e. The van der Waals surface area contributed by atoms with Gasteiger partial charge < -0.3 is 10.6 Å². The molecule has 3 N–H and O–H groups in total. The minimum absolute atomic E-state index is 0.0563. The van der Waals surface area contributed by atoms with Crippen LogP contribution in [-0.2, 0) is 9.59 Å². The highest BCUT2D eigenvalue weighted by atomic mass is 16.2. The van der Waals surface area contributed by atoms with Gasteiger partial charge in [-0.15, -0.1) is 0 Å². The number of hydrogen-bond acceptors (Lipinski definition) is 3. The van der Waals surface area contributed by atoms with E-state index in [2.05, 4.69) is 5.32 Å². The molecular formula is C11H21N3O2. The number of carbonyl (C=O) groups excluding carboxylic acids is 2. The van der Waals surface area contributed by atoms with Crippen molar-refractivity contribution in [2.24, 2.45) is 5.73 Å². The van der Waals surface area contributed by atoms with Crippen LogP contribution in [0.4, 0.5) is 0 Å². The molecule has 0 radical (unpaired) electrons. The number of carbonyl (C=O) groups is 2. The van der Waals surface area contributed by atoms with Gasteiger partial charge in [-0.2, -0.15) is 0 Å². The Hall–Kier alpha value is -1.10. The van der Waals surface area contributed by atoms with Crippen LogP contribution in [-0.4, -0.2) is 42.4 Å². The van der Waals surface area contributed by atoms with E-state index in [9.17, 15) is 9.59 Å². The second kappa shape index (κ2) is 6.48. The van der Waals surface area contributed by atoms with Crippen LogP contribution < -0.4 is 11.1 Å². The van der Waals surface area contributed by atoms with E-state index in [1.807, 2.05) is 4.90 Å². The maximum Gasteiger partial charge on any atom is 0.239 e. The number of nitrogens with two attached hydrogens (primary N) is 1. The zero-order chi connectivity index (χ0) is 12.0. The molecular weight excluding hydrogens is 206 g/mol. The lowest BCUT2D eigenvalue weighted by atomic mass is 10.2. The molecule has 0 aliphatic carbocycles. The molecule has 1 fully saturated rings. The predicted molar refractivity (Wildman–Crippen MR) is 61.7 cm³/mol. The van der Waals surface area contributed by atoms with Gasteiger partial charge in [-0.3, -0.25) is 14.9 Å². The first-order valence-electron chi connectivity index (χ1n) is 5.91. The highest BCUT2D eigenvalue weighted by Gasteiger charge is 2.20. The second-order valence-electron chi connectivity index (χ2n) is 4.31. The molecule has 92 valence electrons.